The van der Waals surface area contributed by atoms with Crippen molar-refractivity contribution >= 4 is 54.8 Å². The molecule has 0 saturated carbocycles. The molecule has 10 aromatic rings. The van der Waals surface area contributed by atoms with E-state index in [1.54, 1.807) is 7.11 Å². The number of aromatic amines is 1. The van der Waals surface area contributed by atoms with E-state index < -0.39 is 0 Å². The molecule has 0 aliphatic carbocycles. The first-order valence-corrected chi connectivity index (χ1v) is 20.1. The Morgan fingerprint density at radius 3 is 1.85 bits per heavy atom. The lowest BCUT2D eigenvalue weighted by Gasteiger charge is -2.14. The minimum Gasteiger partial charge on any atom is -0.495 e. The molecule has 10 rings (SSSR count). The van der Waals surface area contributed by atoms with Gasteiger partial charge < -0.3 is 14.3 Å². The number of hydrogen-bond donors (Lipinski definition) is 1. The number of hydrogen-bond acceptors (Lipinski definition) is 1. The van der Waals surface area contributed by atoms with Crippen molar-refractivity contribution in [3.05, 3.63) is 218 Å². The molecule has 0 fully saturated rings. The molecule has 0 bridgehead atoms. The molecule has 1 N–H and O–H groups in total. The van der Waals surface area contributed by atoms with Crippen LogP contribution in [0.3, 0.4) is 0 Å². The predicted molar refractivity (Wildman–Crippen MR) is 251 cm³/mol. The third kappa shape index (κ3) is 6.53. The van der Waals surface area contributed by atoms with Gasteiger partial charge in [-0.25, -0.2) is 0 Å². The van der Waals surface area contributed by atoms with Crippen LogP contribution in [0.15, 0.2) is 207 Å². The van der Waals surface area contributed by atoms with Crippen molar-refractivity contribution in [3.8, 4) is 44.8 Å². The van der Waals surface area contributed by atoms with Crippen LogP contribution in [-0.2, 0) is 0 Å². The van der Waals surface area contributed by atoms with Gasteiger partial charge in [0.05, 0.1) is 18.1 Å². The summed E-state index contributed by atoms with van der Waals surface area (Å²) in [5, 5.41) is 4.94. The Hall–Kier alpha value is -7.62. The molecule has 0 radical (unpaired) electrons. The van der Waals surface area contributed by atoms with E-state index in [-0.39, 0.29) is 0 Å². The van der Waals surface area contributed by atoms with Gasteiger partial charge in [0.1, 0.15) is 5.75 Å². The van der Waals surface area contributed by atoms with Crippen LogP contribution in [0.2, 0.25) is 0 Å². The van der Waals surface area contributed by atoms with Gasteiger partial charge in [0.25, 0.3) is 0 Å². The zero-order chi connectivity index (χ0) is 39.9. The van der Waals surface area contributed by atoms with Gasteiger partial charge in [-0.15, -0.1) is 0 Å². The van der Waals surface area contributed by atoms with Crippen molar-refractivity contribution in [2.75, 3.05) is 7.11 Å². The van der Waals surface area contributed by atoms with E-state index in [1.165, 1.54) is 60.5 Å². The van der Waals surface area contributed by atoms with E-state index >= 15 is 0 Å². The van der Waals surface area contributed by atoms with Crippen LogP contribution in [0, 0.1) is 0 Å². The summed E-state index contributed by atoms with van der Waals surface area (Å²) in [6.45, 7) is 6.50. The molecular weight excluding hydrogens is 717 g/mol. The Bertz CT molecular complexity index is 3250. The molecule has 0 aliphatic rings. The SMILES string of the molecule is C=C(/C=C\C=C(/C)c1cccc(-c2ccccc2)c1OC)c1ccc(-c2ccc3[nH]c4ccc(-c5ccc6c(c5)c5ccccc5n6-c5ccccc5)cc4c3c2)cc1. The Morgan fingerprint density at radius 1 is 0.542 bits per heavy atom. The smallest absolute Gasteiger partial charge is 0.134 e. The summed E-state index contributed by atoms with van der Waals surface area (Å²) in [6, 6.07) is 65.0. The predicted octanol–water partition coefficient (Wildman–Crippen LogP) is 15.1. The lowest BCUT2D eigenvalue weighted by atomic mass is 9.97. The number of ether oxygens (including phenoxy) is 1. The largest absolute Gasteiger partial charge is 0.495 e. The van der Waals surface area contributed by atoms with Gasteiger partial charge in [-0.1, -0.05) is 152 Å². The number of benzene rings is 8. The van der Waals surface area contributed by atoms with Crippen molar-refractivity contribution in [1.29, 1.82) is 0 Å². The van der Waals surface area contributed by atoms with Gasteiger partial charge in [-0.2, -0.15) is 0 Å². The summed E-state index contributed by atoms with van der Waals surface area (Å²) in [5.41, 5.74) is 17.0. The van der Waals surface area contributed by atoms with E-state index in [1.807, 2.05) is 6.07 Å². The molecule has 59 heavy (non-hydrogen) atoms. The number of H-pyrrole nitrogens is 1. The fraction of sp³-hybridized carbons (Fsp3) is 0.0357. The fourth-order valence-corrected chi connectivity index (χ4v) is 8.55. The maximum Gasteiger partial charge on any atom is 0.134 e. The number of para-hydroxylation sites is 3. The molecule has 0 aliphatic heterocycles. The number of methoxy groups -OCH3 is 1. The Morgan fingerprint density at radius 2 is 1.14 bits per heavy atom. The first kappa shape index (κ1) is 35.8. The van der Waals surface area contributed by atoms with Gasteiger partial charge in [-0.3, -0.25) is 0 Å². The Labute approximate surface area is 344 Å². The molecule has 0 saturated heterocycles. The van der Waals surface area contributed by atoms with Crippen LogP contribution in [0.5, 0.6) is 5.75 Å². The Kier molecular flexibility index (Phi) is 9.12. The molecule has 8 aromatic carbocycles. The number of allylic oxidation sites excluding steroid dienone is 5. The zero-order valence-electron chi connectivity index (χ0n) is 33.1. The van der Waals surface area contributed by atoms with Gasteiger partial charge in [0, 0.05) is 49.4 Å². The summed E-state index contributed by atoms with van der Waals surface area (Å²) in [5.74, 6) is 0.878. The molecule has 0 spiro atoms. The molecule has 0 atom stereocenters. The van der Waals surface area contributed by atoms with Gasteiger partial charge in [-0.05, 0) is 106 Å². The molecular formula is C56H42N2O. The third-order valence-electron chi connectivity index (χ3n) is 11.6. The molecule has 0 amide bonds. The van der Waals surface area contributed by atoms with Crippen LogP contribution < -0.4 is 4.74 Å². The second-order valence-electron chi connectivity index (χ2n) is 15.1. The van der Waals surface area contributed by atoms with Gasteiger partial charge in [0.15, 0.2) is 0 Å². The number of fused-ring (bicyclic) bond motifs is 6. The lowest BCUT2D eigenvalue weighted by Crippen LogP contribution is -1.93. The number of nitrogens with zero attached hydrogens (tertiary/aromatic N) is 1. The highest BCUT2D eigenvalue weighted by molar-refractivity contribution is 6.12. The highest BCUT2D eigenvalue weighted by atomic mass is 16.5. The van der Waals surface area contributed by atoms with E-state index in [4.69, 9.17) is 4.74 Å². The molecule has 2 aromatic heterocycles. The van der Waals surface area contributed by atoms with E-state index in [9.17, 15) is 0 Å². The maximum absolute atomic E-state index is 5.91. The average Bonchev–Trinajstić information content (AvgIpc) is 3.84. The molecule has 282 valence electrons. The summed E-state index contributed by atoms with van der Waals surface area (Å²) in [6.07, 6.45) is 6.26. The lowest BCUT2D eigenvalue weighted by molar-refractivity contribution is 0.415. The fourth-order valence-electron chi connectivity index (χ4n) is 8.55. The van der Waals surface area contributed by atoms with Gasteiger partial charge in [0.2, 0.25) is 0 Å². The monoisotopic (exact) mass is 758 g/mol. The minimum atomic E-state index is 0.878. The quantitative estimate of drug-likeness (QED) is 0.146. The van der Waals surface area contributed by atoms with E-state index in [2.05, 4.69) is 217 Å². The highest BCUT2D eigenvalue weighted by Gasteiger charge is 2.15. The number of aromatic nitrogens is 2. The normalized spacial score (nSPS) is 12.0. The topological polar surface area (TPSA) is 29.9 Å². The molecule has 0 unspecified atom stereocenters. The summed E-state index contributed by atoms with van der Waals surface area (Å²) in [7, 11) is 1.74. The number of rotatable bonds is 9. The standard InChI is InChI=1S/C56H42N2O/c1-37(14-12-15-38(2)46-21-13-22-47(56(46)59-3)41-16-6-4-7-17-41)39-24-26-40(27-25-39)42-28-31-52-49(34-42)50-35-43(29-32-53(50)57-52)44-30-33-55-51(36-44)48-20-10-11-23-54(48)58(55)45-18-8-5-9-19-45/h4-36,57H,1H2,2-3H3/b14-12-,38-15+. The molecule has 3 nitrogen and oxygen atoms in total. The zero-order valence-corrected chi connectivity index (χ0v) is 33.1. The number of nitrogens with one attached hydrogen (secondary N) is 1. The first-order chi connectivity index (χ1) is 29.0. The van der Waals surface area contributed by atoms with E-state index in [0.29, 0.717) is 0 Å². The third-order valence-corrected chi connectivity index (χ3v) is 11.6. The highest BCUT2D eigenvalue weighted by Crippen LogP contribution is 2.39. The van der Waals surface area contributed by atoms with Crippen LogP contribution in [0.4, 0.5) is 0 Å². The summed E-state index contributed by atoms with van der Waals surface area (Å²) in [4.78, 5) is 3.65. The van der Waals surface area contributed by atoms with E-state index in [0.717, 1.165) is 50.2 Å². The van der Waals surface area contributed by atoms with Crippen molar-refractivity contribution in [3.63, 3.8) is 0 Å². The first-order valence-electron chi connectivity index (χ1n) is 20.1. The van der Waals surface area contributed by atoms with Crippen LogP contribution in [-0.4, -0.2) is 16.7 Å². The van der Waals surface area contributed by atoms with Crippen molar-refractivity contribution in [2.24, 2.45) is 0 Å². The van der Waals surface area contributed by atoms with Crippen LogP contribution in [0.1, 0.15) is 18.1 Å². The molecule has 3 heteroatoms. The second kappa shape index (κ2) is 15.0. The van der Waals surface area contributed by atoms with Crippen molar-refractivity contribution in [2.45, 2.75) is 6.92 Å². The second-order valence-corrected chi connectivity index (χ2v) is 15.1. The average molecular weight is 759 g/mol. The van der Waals surface area contributed by atoms with Crippen molar-refractivity contribution < 1.29 is 4.74 Å². The van der Waals surface area contributed by atoms with Crippen LogP contribution >= 0.6 is 0 Å². The minimum absolute atomic E-state index is 0.878. The summed E-state index contributed by atoms with van der Waals surface area (Å²) >= 11 is 0. The summed E-state index contributed by atoms with van der Waals surface area (Å²) < 4.78 is 8.28. The molecule has 2 heterocycles. The van der Waals surface area contributed by atoms with Gasteiger partial charge >= 0.3 is 0 Å². The maximum atomic E-state index is 5.91. The Balaban J connectivity index is 0.913. The van der Waals surface area contributed by atoms with Crippen LogP contribution in [0.25, 0.3) is 93.8 Å². The van der Waals surface area contributed by atoms with Crippen molar-refractivity contribution in [1.82, 2.24) is 9.55 Å².